The first-order chi connectivity index (χ1) is 15.4. The minimum atomic E-state index is -1.54. The fourth-order valence-electron chi connectivity index (χ4n) is 4.30. The van der Waals surface area contributed by atoms with Gasteiger partial charge in [0.1, 0.15) is 35.1 Å². The Morgan fingerprint density at radius 2 is 1.75 bits per heavy atom. The lowest BCUT2D eigenvalue weighted by atomic mass is 9.94. The summed E-state index contributed by atoms with van der Waals surface area (Å²) < 4.78 is 7.39. The Morgan fingerprint density at radius 1 is 1.03 bits per heavy atom. The Morgan fingerprint density at radius 3 is 2.44 bits per heavy atom. The Bertz CT molecular complexity index is 1240. The van der Waals surface area contributed by atoms with Crippen molar-refractivity contribution in [3.8, 4) is 17.2 Å². The van der Waals surface area contributed by atoms with Gasteiger partial charge in [-0.25, -0.2) is 0 Å². The summed E-state index contributed by atoms with van der Waals surface area (Å²) in [4.78, 5) is 0. The number of nitrogens with zero attached hydrogens (tertiary/aromatic N) is 2. The number of nitriles is 1. The number of ether oxygens (including phenoxy) is 1. The third kappa shape index (κ3) is 3.63. The molecule has 0 amide bonds. The number of fused-ring (bicyclic) bond motifs is 1. The molecule has 1 fully saturated rings. The first-order valence-electron chi connectivity index (χ1n) is 10.4. The lowest BCUT2D eigenvalue weighted by molar-refractivity contribution is -0.252. The molecule has 8 heteroatoms. The third-order valence-corrected chi connectivity index (χ3v) is 6.40. The number of benzene rings is 2. The average molecular weight is 453 g/mol. The molecule has 0 spiro atoms. The molecule has 1 aliphatic heterocycles. The molecule has 0 saturated carbocycles. The smallest absolute Gasteiger partial charge is 0.164 e. The Labute approximate surface area is 190 Å². The van der Waals surface area contributed by atoms with Crippen LogP contribution >= 0.6 is 12.2 Å². The fraction of sp³-hybridized carbons (Fsp3) is 0.333. The molecule has 166 valence electrons. The zero-order chi connectivity index (χ0) is 23.0. The molecule has 5 atom stereocenters. The van der Waals surface area contributed by atoms with E-state index >= 15 is 0 Å². The molecule has 32 heavy (non-hydrogen) atoms. The molecular formula is C24H24N2O5S. The molecule has 0 radical (unpaired) electrons. The van der Waals surface area contributed by atoms with Crippen molar-refractivity contribution in [1.82, 2.24) is 4.57 Å². The van der Waals surface area contributed by atoms with Crippen molar-refractivity contribution in [3.63, 3.8) is 0 Å². The van der Waals surface area contributed by atoms with Gasteiger partial charge >= 0.3 is 0 Å². The van der Waals surface area contributed by atoms with Gasteiger partial charge in [-0.3, -0.25) is 0 Å². The van der Waals surface area contributed by atoms with Gasteiger partial charge in [0.05, 0.1) is 12.2 Å². The number of aliphatic hydroxyl groups is 4. The van der Waals surface area contributed by atoms with Crippen LogP contribution in [0.25, 0.3) is 21.9 Å². The van der Waals surface area contributed by atoms with Crippen molar-refractivity contribution in [1.29, 1.82) is 5.26 Å². The fourth-order valence-corrected chi connectivity index (χ4v) is 4.68. The highest BCUT2D eigenvalue weighted by molar-refractivity contribution is 7.71. The Hall–Kier alpha value is -2.64. The van der Waals surface area contributed by atoms with E-state index in [1.165, 1.54) is 4.57 Å². The summed E-state index contributed by atoms with van der Waals surface area (Å²) in [6.45, 7) is 1.36. The van der Waals surface area contributed by atoms with Crippen molar-refractivity contribution >= 4 is 23.0 Å². The minimum Gasteiger partial charge on any atom is -0.394 e. The van der Waals surface area contributed by atoms with Crippen LogP contribution < -0.4 is 0 Å². The number of aryl methyl sites for hydroxylation is 1. The number of rotatable bonds is 4. The monoisotopic (exact) mass is 452 g/mol. The van der Waals surface area contributed by atoms with E-state index < -0.39 is 37.3 Å². The topological polar surface area (TPSA) is 119 Å². The van der Waals surface area contributed by atoms with E-state index in [1.807, 2.05) is 55.5 Å². The Kier molecular flexibility index (Phi) is 6.40. The maximum atomic E-state index is 10.6. The first-order valence-corrected chi connectivity index (χ1v) is 10.8. The number of pyridine rings is 1. The predicted molar refractivity (Wildman–Crippen MR) is 121 cm³/mol. The normalized spacial score (nSPS) is 25.6. The van der Waals surface area contributed by atoms with Gasteiger partial charge in [0.2, 0.25) is 0 Å². The van der Waals surface area contributed by atoms with Gasteiger partial charge in [-0.2, -0.15) is 5.26 Å². The highest BCUT2D eigenvalue weighted by Gasteiger charge is 2.44. The minimum absolute atomic E-state index is 0.152. The van der Waals surface area contributed by atoms with E-state index in [-0.39, 0.29) is 10.2 Å². The van der Waals surface area contributed by atoms with Crippen LogP contribution in [0.4, 0.5) is 0 Å². The lowest BCUT2D eigenvalue weighted by Crippen LogP contribution is -2.56. The third-order valence-electron chi connectivity index (χ3n) is 6.00. The maximum absolute atomic E-state index is 10.6. The van der Waals surface area contributed by atoms with E-state index in [1.54, 1.807) is 0 Å². The summed E-state index contributed by atoms with van der Waals surface area (Å²) in [6, 6.07) is 17.8. The van der Waals surface area contributed by atoms with Gasteiger partial charge in [0.25, 0.3) is 0 Å². The predicted octanol–water partition coefficient (Wildman–Crippen LogP) is 2.44. The molecule has 0 bridgehead atoms. The van der Waals surface area contributed by atoms with Gasteiger partial charge in [-0.1, -0.05) is 61.6 Å². The Balaban J connectivity index is 1.94. The van der Waals surface area contributed by atoms with Crippen LogP contribution in [-0.4, -0.2) is 56.0 Å². The van der Waals surface area contributed by atoms with Crippen molar-refractivity contribution < 1.29 is 25.2 Å². The molecule has 4 N–H and O–H groups in total. The lowest BCUT2D eigenvalue weighted by Gasteiger charge is -2.41. The summed E-state index contributed by atoms with van der Waals surface area (Å²) in [5, 5.41) is 52.6. The molecule has 3 aromatic rings. The van der Waals surface area contributed by atoms with Crippen LogP contribution in [-0.2, 0) is 11.2 Å². The van der Waals surface area contributed by atoms with Crippen molar-refractivity contribution in [2.75, 3.05) is 6.61 Å². The number of aromatic nitrogens is 1. The second-order valence-electron chi connectivity index (χ2n) is 7.81. The number of hydrogen-bond acceptors (Lipinski definition) is 7. The highest BCUT2D eigenvalue weighted by Crippen LogP contribution is 2.36. The summed E-state index contributed by atoms with van der Waals surface area (Å²) >= 11 is 5.67. The maximum Gasteiger partial charge on any atom is 0.164 e. The van der Waals surface area contributed by atoms with E-state index in [4.69, 9.17) is 17.0 Å². The number of aliphatic hydroxyl groups excluding tert-OH is 4. The standard InChI is InChI=1S/C24H24N2O5S/c1-2-14-10-17(16-9-5-7-13-6-3-4-8-15(13)16)18(11-25)24(32)26(14)23-22(30)21(29)20(28)19(12-27)31-23/h3-10,19-23,27-30H,2,12H2,1H3/t19-,20+,21+,22+,23-/m0/s1. The second-order valence-corrected chi connectivity index (χ2v) is 8.20. The van der Waals surface area contributed by atoms with Crippen molar-refractivity contribution in [2.45, 2.75) is 44.0 Å². The van der Waals surface area contributed by atoms with Gasteiger partial charge in [-0.05, 0) is 28.8 Å². The summed E-state index contributed by atoms with van der Waals surface area (Å²) in [5.74, 6) is 0. The summed E-state index contributed by atoms with van der Waals surface area (Å²) in [5.41, 5.74) is 2.46. The van der Waals surface area contributed by atoms with Crippen LogP contribution in [0, 0.1) is 16.0 Å². The van der Waals surface area contributed by atoms with E-state index in [0.717, 1.165) is 16.3 Å². The first kappa shape index (κ1) is 22.6. The van der Waals surface area contributed by atoms with Gasteiger partial charge in [0.15, 0.2) is 6.23 Å². The molecule has 1 aromatic heterocycles. The van der Waals surface area contributed by atoms with Crippen LogP contribution in [0.15, 0.2) is 48.5 Å². The van der Waals surface area contributed by atoms with Gasteiger partial charge in [-0.15, -0.1) is 0 Å². The molecule has 0 aliphatic carbocycles. The van der Waals surface area contributed by atoms with Crippen LogP contribution in [0.2, 0.25) is 0 Å². The molecular weight excluding hydrogens is 428 g/mol. The van der Waals surface area contributed by atoms with Crippen LogP contribution in [0.5, 0.6) is 0 Å². The quantitative estimate of drug-likeness (QED) is 0.449. The van der Waals surface area contributed by atoms with Crippen LogP contribution in [0.1, 0.15) is 24.4 Å². The summed E-state index contributed by atoms with van der Waals surface area (Å²) in [7, 11) is 0. The van der Waals surface area contributed by atoms with Crippen LogP contribution in [0.3, 0.4) is 0 Å². The zero-order valence-electron chi connectivity index (χ0n) is 17.4. The van der Waals surface area contributed by atoms with E-state index in [0.29, 0.717) is 17.7 Å². The molecule has 4 rings (SSSR count). The zero-order valence-corrected chi connectivity index (χ0v) is 18.2. The molecule has 1 saturated heterocycles. The van der Waals surface area contributed by atoms with Gasteiger partial charge in [0, 0.05) is 11.3 Å². The largest absolute Gasteiger partial charge is 0.394 e. The molecule has 1 aliphatic rings. The highest BCUT2D eigenvalue weighted by atomic mass is 32.1. The van der Waals surface area contributed by atoms with E-state index in [2.05, 4.69) is 6.07 Å². The average Bonchev–Trinajstić information content (AvgIpc) is 2.82. The van der Waals surface area contributed by atoms with Crippen molar-refractivity contribution in [3.05, 3.63) is 64.4 Å². The molecule has 2 heterocycles. The SMILES string of the molecule is CCc1cc(-c2cccc3ccccc23)c(C#N)c(=S)n1[C@H]1O[C@@H](CO)[C@@H](O)[C@@H](O)[C@H]1O. The van der Waals surface area contributed by atoms with Crippen molar-refractivity contribution in [2.24, 2.45) is 0 Å². The molecule has 2 aromatic carbocycles. The van der Waals surface area contributed by atoms with Gasteiger partial charge < -0.3 is 29.7 Å². The molecule has 0 unspecified atom stereocenters. The van der Waals surface area contributed by atoms with E-state index in [9.17, 15) is 25.7 Å². The second kappa shape index (κ2) is 9.08. The number of hydrogen-bond donors (Lipinski definition) is 4. The molecule has 7 nitrogen and oxygen atoms in total. The summed E-state index contributed by atoms with van der Waals surface area (Å²) in [6.07, 6.45) is -6.26.